The van der Waals surface area contributed by atoms with E-state index in [1.807, 2.05) is 44.4 Å². The monoisotopic (exact) mass is 367 g/mol. The summed E-state index contributed by atoms with van der Waals surface area (Å²) in [7, 11) is 4.00. The molecule has 0 bridgehead atoms. The van der Waals surface area contributed by atoms with Crippen molar-refractivity contribution < 1.29 is 9.59 Å². The van der Waals surface area contributed by atoms with Crippen LogP contribution in [0.25, 0.3) is 0 Å². The number of benzene rings is 2. The number of nitrogens with one attached hydrogen (secondary N) is 1. The number of carbonyl (C=O) groups excluding carboxylic acids is 2. The normalized spacial score (nSPS) is 13.2. The largest absolute Gasteiger partial charge is 0.366 e. The van der Waals surface area contributed by atoms with Gasteiger partial charge in [0, 0.05) is 24.6 Å². The average Bonchev–Trinajstić information content (AvgIpc) is 2.65. The number of hydrogen-bond acceptors (Lipinski definition) is 3. The molecule has 0 saturated heterocycles. The summed E-state index contributed by atoms with van der Waals surface area (Å²) in [5.41, 5.74) is 8.06. The van der Waals surface area contributed by atoms with Gasteiger partial charge in [0.15, 0.2) is 0 Å². The minimum absolute atomic E-state index is 0.0577. The zero-order valence-corrected chi connectivity index (χ0v) is 16.3. The summed E-state index contributed by atoms with van der Waals surface area (Å²) in [6.45, 7) is 2.64. The average molecular weight is 367 g/mol. The lowest BCUT2D eigenvalue weighted by molar-refractivity contribution is -0.121. The molecule has 5 heteroatoms. The Morgan fingerprint density at radius 3 is 2.22 bits per heavy atom. The van der Waals surface area contributed by atoms with Crippen molar-refractivity contribution in [2.75, 3.05) is 20.6 Å². The van der Waals surface area contributed by atoms with E-state index >= 15 is 0 Å². The molecule has 0 saturated carbocycles. The molecule has 0 aliphatic carbocycles. The molecule has 2 aromatic rings. The molecule has 5 nitrogen and oxygen atoms in total. The van der Waals surface area contributed by atoms with Gasteiger partial charge in [-0.3, -0.25) is 9.59 Å². The Hall–Kier alpha value is -2.66. The maximum atomic E-state index is 12.3. The van der Waals surface area contributed by atoms with E-state index in [4.69, 9.17) is 5.73 Å². The van der Waals surface area contributed by atoms with Crippen molar-refractivity contribution >= 4 is 11.8 Å². The van der Waals surface area contributed by atoms with E-state index in [1.165, 1.54) is 5.56 Å². The third kappa shape index (κ3) is 6.53. The quantitative estimate of drug-likeness (QED) is 0.715. The Bertz CT molecular complexity index is 742. The molecule has 0 aliphatic rings. The Morgan fingerprint density at radius 1 is 1.04 bits per heavy atom. The number of nitrogens with zero attached hydrogens (tertiary/aromatic N) is 1. The fraction of sp³-hybridized carbons (Fsp3) is 0.364. The van der Waals surface area contributed by atoms with E-state index in [9.17, 15) is 9.59 Å². The Balaban J connectivity index is 1.88. The Morgan fingerprint density at radius 2 is 1.67 bits per heavy atom. The van der Waals surface area contributed by atoms with Crippen LogP contribution in [0.4, 0.5) is 0 Å². The minimum Gasteiger partial charge on any atom is -0.366 e. The number of carbonyl (C=O) groups is 2. The third-order valence-electron chi connectivity index (χ3n) is 4.84. The van der Waals surface area contributed by atoms with Crippen molar-refractivity contribution in [3.63, 3.8) is 0 Å². The number of likely N-dealkylation sites (N-methyl/N-ethyl adjacent to an activating group) is 1. The summed E-state index contributed by atoms with van der Waals surface area (Å²) < 4.78 is 0. The van der Waals surface area contributed by atoms with Gasteiger partial charge in [-0.25, -0.2) is 0 Å². The standard InChI is InChI=1S/C22H29N3O2/c1-16(18-7-5-4-6-8-18)13-21(26)24-15-20(25(2)3)14-17-9-11-19(12-10-17)22(23)27/h4-12,16,20H,13-15H2,1-3H3,(H2,23,27)(H,24,26)/t16-,20+/m1/s1. The van der Waals surface area contributed by atoms with E-state index in [2.05, 4.69) is 29.3 Å². The smallest absolute Gasteiger partial charge is 0.248 e. The van der Waals surface area contributed by atoms with E-state index in [0.29, 0.717) is 18.5 Å². The van der Waals surface area contributed by atoms with Crippen LogP contribution in [0, 0.1) is 0 Å². The Labute approximate surface area is 161 Å². The van der Waals surface area contributed by atoms with Gasteiger partial charge in [-0.15, -0.1) is 0 Å². The van der Waals surface area contributed by atoms with Crippen LogP contribution < -0.4 is 11.1 Å². The fourth-order valence-corrected chi connectivity index (χ4v) is 3.00. The molecule has 144 valence electrons. The van der Waals surface area contributed by atoms with Crippen molar-refractivity contribution in [1.82, 2.24) is 10.2 Å². The highest BCUT2D eigenvalue weighted by Gasteiger charge is 2.16. The van der Waals surface area contributed by atoms with Gasteiger partial charge in [0.25, 0.3) is 0 Å². The van der Waals surface area contributed by atoms with Gasteiger partial charge < -0.3 is 16.0 Å². The first-order valence-electron chi connectivity index (χ1n) is 9.23. The summed E-state index contributed by atoms with van der Waals surface area (Å²) in [6, 6.07) is 17.5. The summed E-state index contributed by atoms with van der Waals surface area (Å²) in [6.07, 6.45) is 1.25. The first-order chi connectivity index (χ1) is 12.9. The van der Waals surface area contributed by atoms with Gasteiger partial charge >= 0.3 is 0 Å². The predicted molar refractivity (Wildman–Crippen MR) is 109 cm³/mol. The molecule has 2 atom stereocenters. The summed E-state index contributed by atoms with van der Waals surface area (Å²) in [5, 5.41) is 3.06. The maximum Gasteiger partial charge on any atom is 0.248 e. The van der Waals surface area contributed by atoms with Crippen LogP contribution in [0.2, 0.25) is 0 Å². The number of hydrogen-bond donors (Lipinski definition) is 2. The van der Waals surface area contributed by atoms with Crippen LogP contribution in [-0.4, -0.2) is 43.4 Å². The molecule has 27 heavy (non-hydrogen) atoms. The van der Waals surface area contributed by atoms with E-state index in [-0.39, 0.29) is 17.9 Å². The van der Waals surface area contributed by atoms with Crippen molar-refractivity contribution in [2.24, 2.45) is 5.73 Å². The van der Waals surface area contributed by atoms with E-state index in [0.717, 1.165) is 12.0 Å². The van der Waals surface area contributed by atoms with Crippen LogP contribution in [0.15, 0.2) is 54.6 Å². The lowest BCUT2D eigenvalue weighted by atomic mass is 9.97. The lowest BCUT2D eigenvalue weighted by Gasteiger charge is -2.25. The fourth-order valence-electron chi connectivity index (χ4n) is 3.00. The van der Waals surface area contributed by atoms with Crippen molar-refractivity contribution in [2.45, 2.75) is 31.7 Å². The molecule has 2 amide bonds. The maximum absolute atomic E-state index is 12.3. The second-order valence-electron chi connectivity index (χ2n) is 7.20. The van der Waals surface area contributed by atoms with E-state index < -0.39 is 5.91 Å². The molecule has 0 aromatic heterocycles. The van der Waals surface area contributed by atoms with E-state index in [1.54, 1.807) is 12.1 Å². The molecular formula is C22H29N3O2. The Kier molecular flexibility index (Phi) is 7.55. The molecular weight excluding hydrogens is 338 g/mol. The van der Waals surface area contributed by atoms with Crippen LogP contribution in [0.1, 0.15) is 40.7 Å². The number of nitrogens with two attached hydrogens (primary N) is 1. The molecule has 0 fully saturated rings. The van der Waals surface area contributed by atoms with Gasteiger partial charge in [0.05, 0.1) is 0 Å². The third-order valence-corrected chi connectivity index (χ3v) is 4.84. The van der Waals surface area contributed by atoms with Crippen LogP contribution in [0.3, 0.4) is 0 Å². The first kappa shape index (κ1) is 20.6. The van der Waals surface area contributed by atoms with Gasteiger partial charge in [-0.1, -0.05) is 49.4 Å². The molecule has 0 spiro atoms. The number of amides is 2. The predicted octanol–water partition coefficient (Wildman–Crippen LogP) is 2.57. The zero-order valence-electron chi connectivity index (χ0n) is 16.3. The molecule has 2 aromatic carbocycles. The molecule has 0 unspecified atom stereocenters. The van der Waals surface area contributed by atoms with Crippen molar-refractivity contribution in [3.05, 3.63) is 71.3 Å². The number of primary amides is 1. The molecule has 3 N–H and O–H groups in total. The molecule has 0 aliphatic heterocycles. The second kappa shape index (κ2) is 9.88. The van der Waals surface area contributed by atoms with Crippen LogP contribution in [-0.2, 0) is 11.2 Å². The molecule has 0 radical (unpaired) electrons. The van der Waals surface area contributed by atoms with Gasteiger partial charge in [-0.05, 0) is 49.7 Å². The SMILES string of the molecule is C[C@H](CC(=O)NC[C@H](Cc1ccc(C(N)=O)cc1)N(C)C)c1ccccc1. The van der Waals surface area contributed by atoms with Crippen molar-refractivity contribution in [3.8, 4) is 0 Å². The zero-order chi connectivity index (χ0) is 19.8. The van der Waals surface area contributed by atoms with Crippen LogP contribution >= 0.6 is 0 Å². The summed E-state index contributed by atoms with van der Waals surface area (Å²) >= 11 is 0. The highest BCUT2D eigenvalue weighted by molar-refractivity contribution is 5.92. The van der Waals surface area contributed by atoms with Crippen molar-refractivity contribution in [1.29, 1.82) is 0 Å². The molecule has 0 heterocycles. The molecule has 2 rings (SSSR count). The minimum atomic E-state index is -0.425. The second-order valence-corrected chi connectivity index (χ2v) is 7.20. The summed E-state index contributed by atoms with van der Waals surface area (Å²) in [4.78, 5) is 25.6. The van der Waals surface area contributed by atoms with Gasteiger partial charge in [-0.2, -0.15) is 0 Å². The summed E-state index contributed by atoms with van der Waals surface area (Å²) in [5.74, 6) is -0.182. The highest BCUT2D eigenvalue weighted by atomic mass is 16.1. The lowest BCUT2D eigenvalue weighted by Crippen LogP contribution is -2.41. The highest BCUT2D eigenvalue weighted by Crippen LogP contribution is 2.18. The topological polar surface area (TPSA) is 75.4 Å². The van der Waals surface area contributed by atoms with Crippen LogP contribution in [0.5, 0.6) is 0 Å². The first-order valence-corrected chi connectivity index (χ1v) is 9.23. The van der Waals surface area contributed by atoms with Gasteiger partial charge in [0.1, 0.15) is 0 Å². The number of rotatable bonds is 9. The van der Waals surface area contributed by atoms with Gasteiger partial charge in [0.2, 0.25) is 11.8 Å².